The highest BCUT2D eigenvalue weighted by Gasteiger charge is 1.97. The first kappa shape index (κ1) is 7.87. The van der Waals surface area contributed by atoms with Crippen LogP contribution in [-0.2, 0) is 4.79 Å². The molecular weight excluding hydrogens is 318 g/mol. The van der Waals surface area contributed by atoms with E-state index in [1.54, 1.807) is 0 Å². The Morgan fingerprint density at radius 1 is 1.71 bits per heavy atom. The van der Waals surface area contributed by atoms with Crippen LogP contribution in [0.4, 0.5) is 0 Å². The Balaban J connectivity index is 3.58. The number of ketones is 1. The molecule has 0 heterocycles. The Morgan fingerprint density at radius 3 is 2.14 bits per heavy atom. The van der Waals surface area contributed by atoms with Crippen LogP contribution in [0.3, 0.4) is 0 Å². The van der Waals surface area contributed by atoms with Crippen molar-refractivity contribution in [3.63, 3.8) is 0 Å². The largest absolute Gasteiger partial charge is 0.293 e. The number of carbonyl (C=O) groups is 1. The van der Waals surface area contributed by atoms with Crippen LogP contribution in [0.25, 0.3) is 0 Å². The zero-order valence-corrected chi connectivity index (χ0v) is 7.89. The molecule has 0 fully saturated rings. The van der Waals surface area contributed by atoms with Crippen molar-refractivity contribution in [2.24, 2.45) is 0 Å². The smallest absolute Gasteiger partial charge is 0.178 e. The molecule has 1 nitrogen and oxygen atoms in total. The van der Waals surface area contributed by atoms with E-state index in [0.29, 0.717) is 8.01 Å². The van der Waals surface area contributed by atoms with Crippen molar-refractivity contribution in [3.05, 3.63) is 10.2 Å². The fourth-order valence-electron chi connectivity index (χ4n) is 0.0725. The van der Waals surface area contributed by atoms with E-state index in [4.69, 9.17) is 0 Å². The lowest BCUT2D eigenvalue weighted by atomic mass is 10.5. The summed E-state index contributed by atoms with van der Waals surface area (Å²) in [7, 11) is 0. The van der Waals surface area contributed by atoms with Crippen LogP contribution in [0.1, 0.15) is 0 Å². The Kier molecular flexibility index (Phi) is 4.30. The standard InChI is InChI=1S/C4H4I2O/c1-3(6)4(7)2-5/h1-2H2. The zero-order valence-electron chi connectivity index (χ0n) is 3.58. The molecule has 3 heteroatoms. The Bertz CT molecular complexity index is 97.9. The predicted octanol–water partition coefficient (Wildman–Crippen LogP) is 1.94. The fourth-order valence-corrected chi connectivity index (χ4v) is 1.45. The summed E-state index contributed by atoms with van der Waals surface area (Å²) >= 11 is 3.93. The molecule has 0 bridgehead atoms. The lowest BCUT2D eigenvalue weighted by Crippen LogP contribution is -1.94. The van der Waals surface area contributed by atoms with Gasteiger partial charge < -0.3 is 0 Å². The topological polar surface area (TPSA) is 17.1 Å². The first-order valence-electron chi connectivity index (χ1n) is 1.62. The number of hydrogen-bond acceptors (Lipinski definition) is 1. The van der Waals surface area contributed by atoms with E-state index >= 15 is 0 Å². The van der Waals surface area contributed by atoms with Crippen LogP contribution in [0.15, 0.2) is 10.2 Å². The Hall–Kier alpha value is 0.870. The van der Waals surface area contributed by atoms with Crippen LogP contribution in [0.2, 0.25) is 0 Å². The molecule has 0 atom stereocenters. The molecule has 0 spiro atoms. The van der Waals surface area contributed by atoms with Crippen molar-refractivity contribution >= 4 is 51.0 Å². The van der Waals surface area contributed by atoms with Gasteiger partial charge in [0.2, 0.25) is 0 Å². The second-order valence-corrected chi connectivity index (χ2v) is 3.03. The maximum absolute atomic E-state index is 10.4. The summed E-state index contributed by atoms with van der Waals surface area (Å²) in [5.41, 5.74) is 0. The van der Waals surface area contributed by atoms with Crippen molar-refractivity contribution in [3.8, 4) is 0 Å². The van der Waals surface area contributed by atoms with Crippen molar-refractivity contribution in [1.82, 2.24) is 0 Å². The first-order chi connectivity index (χ1) is 3.18. The van der Waals surface area contributed by atoms with E-state index < -0.39 is 0 Å². The van der Waals surface area contributed by atoms with Gasteiger partial charge >= 0.3 is 0 Å². The Morgan fingerprint density at radius 2 is 2.14 bits per heavy atom. The van der Waals surface area contributed by atoms with Gasteiger partial charge in [0.25, 0.3) is 0 Å². The lowest BCUT2D eigenvalue weighted by Gasteiger charge is -1.84. The summed E-state index contributed by atoms with van der Waals surface area (Å²) in [4.78, 5) is 10.4. The third-order valence-electron chi connectivity index (χ3n) is 0.424. The molecule has 40 valence electrons. The number of carbonyl (C=O) groups excluding carboxylic acids is 1. The van der Waals surface area contributed by atoms with E-state index in [0.717, 1.165) is 0 Å². The molecule has 0 saturated heterocycles. The molecule has 0 saturated carbocycles. The predicted molar refractivity (Wildman–Crippen MR) is 47.1 cm³/mol. The van der Waals surface area contributed by atoms with E-state index in [1.807, 2.05) is 45.2 Å². The van der Waals surface area contributed by atoms with Gasteiger partial charge in [0, 0.05) is 3.58 Å². The third kappa shape index (κ3) is 3.45. The number of hydrogen-bond donors (Lipinski definition) is 0. The zero-order chi connectivity index (χ0) is 5.86. The number of halogens is 2. The summed E-state index contributed by atoms with van der Waals surface area (Å²) in [6, 6.07) is 0. The molecule has 0 N–H and O–H groups in total. The fraction of sp³-hybridized carbons (Fsp3) is 0.250. The highest BCUT2D eigenvalue weighted by molar-refractivity contribution is 14.1. The van der Waals surface area contributed by atoms with Gasteiger partial charge in [-0.25, -0.2) is 0 Å². The molecule has 0 aromatic carbocycles. The molecule has 0 aromatic rings. The van der Waals surface area contributed by atoms with Crippen LogP contribution >= 0.6 is 45.2 Å². The van der Waals surface area contributed by atoms with Crippen LogP contribution < -0.4 is 0 Å². The third-order valence-corrected chi connectivity index (χ3v) is 1.72. The SMILES string of the molecule is C=C(I)C(=O)CI. The molecule has 0 aliphatic rings. The Labute approximate surface area is 69.8 Å². The molecule has 0 aliphatic heterocycles. The second-order valence-electron chi connectivity index (χ2n) is 0.962. The first-order valence-corrected chi connectivity index (χ1v) is 4.22. The van der Waals surface area contributed by atoms with Crippen molar-refractivity contribution in [2.45, 2.75) is 0 Å². The van der Waals surface area contributed by atoms with Crippen LogP contribution in [0.5, 0.6) is 0 Å². The second kappa shape index (κ2) is 3.82. The highest BCUT2D eigenvalue weighted by atomic mass is 127. The monoisotopic (exact) mass is 322 g/mol. The highest BCUT2D eigenvalue weighted by Crippen LogP contribution is 2.04. The van der Waals surface area contributed by atoms with Gasteiger partial charge in [-0.05, 0) is 22.6 Å². The van der Waals surface area contributed by atoms with Gasteiger partial charge in [0.15, 0.2) is 5.78 Å². The molecule has 0 radical (unpaired) electrons. The average molecular weight is 322 g/mol. The van der Waals surface area contributed by atoms with E-state index in [-0.39, 0.29) is 5.78 Å². The van der Waals surface area contributed by atoms with Crippen molar-refractivity contribution in [2.75, 3.05) is 4.43 Å². The van der Waals surface area contributed by atoms with Gasteiger partial charge in [-0.2, -0.15) is 0 Å². The van der Waals surface area contributed by atoms with E-state index in [1.165, 1.54) is 0 Å². The normalized spacial score (nSPS) is 8.29. The van der Waals surface area contributed by atoms with Gasteiger partial charge in [-0.15, -0.1) is 0 Å². The maximum atomic E-state index is 10.4. The quantitative estimate of drug-likeness (QED) is 0.431. The minimum Gasteiger partial charge on any atom is -0.293 e. The molecular formula is C4H4I2O. The van der Waals surface area contributed by atoms with Gasteiger partial charge in [0.05, 0.1) is 4.43 Å². The summed E-state index contributed by atoms with van der Waals surface area (Å²) in [5, 5.41) is 0. The maximum Gasteiger partial charge on any atom is 0.178 e. The van der Waals surface area contributed by atoms with E-state index in [9.17, 15) is 4.79 Å². The van der Waals surface area contributed by atoms with Crippen LogP contribution in [-0.4, -0.2) is 10.2 Å². The van der Waals surface area contributed by atoms with E-state index in [2.05, 4.69) is 6.58 Å². The molecule has 0 aromatic heterocycles. The minimum atomic E-state index is 0.126. The average Bonchev–Trinajstić information content (AvgIpc) is 1.65. The molecule has 0 unspecified atom stereocenters. The molecule has 0 rings (SSSR count). The summed E-state index contributed by atoms with van der Waals surface area (Å²) in [6.45, 7) is 3.46. The summed E-state index contributed by atoms with van der Waals surface area (Å²) in [6.07, 6.45) is 0. The van der Waals surface area contributed by atoms with Gasteiger partial charge in [-0.3, -0.25) is 4.79 Å². The minimum absolute atomic E-state index is 0.126. The molecule has 0 aliphatic carbocycles. The van der Waals surface area contributed by atoms with Crippen LogP contribution in [0, 0.1) is 0 Å². The van der Waals surface area contributed by atoms with Gasteiger partial charge in [0.1, 0.15) is 0 Å². The number of Topliss-reactive ketones (excluding diaryl/α,β-unsaturated/α-hetero) is 1. The molecule has 7 heavy (non-hydrogen) atoms. The number of allylic oxidation sites excluding steroid dienone is 1. The lowest BCUT2D eigenvalue weighted by molar-refractivity contribution is -0.112. The van der Waals surface area contributed by atoms with Crippen molar-refractivity contribution < 1.29 is 4.79 Å². The summed E-state index contributed by atoms with van der Waals surface area (Å²) < 4.78 is 1.16. The number of alkyl halides is 1. The van der Waals surface area contributed by atoms with Gasteiger partial charge in [-0.1, -0.05) is 29.2 Å². The number of rotatable bonds is 2. The van der Waals surface area contributed by atoms with Crippen molar-refractivity contribution in [1.29, 1.82) is 0 Å². The molecule has 0 amide bonds. The summed E-state index contributed by atoms with van der Waals surface area (Å²) in [5.74, 6) is 0.126.